The van der Waals surface area contributed by atoms with Gasteiger partial charge in [0.2, 0.25) is 0 Å². The molecule has 1 atom stereocenters. The lowest BCUT2D eigenvalue weighted by Gasteiger charge is -2.08. The van der Waals surface area contributed by atoms with Gasteiger partial charge in [-0.15, -0.1) is 0 Å². The van der Waals surface area contributed by atoms with Crippen LogP contribution < -0.4 is 5.32 Å². The van der Waals surface area contributed by atoms with Crippen molar-refractivity contribution < 1.29 is 9.90 Å². The van der Waals surface area contributed by atoms with Crippen LogP contribution in [0.5, 0.6) is 0 Å². The SMILES string of the molecule is O=NC(CCCCNC(=O)O)c1ccccc1. The summed E-state index contributed by atoms with van der Waals surface area (Å²) in [6, 6.07) is 9.06. The molecule has 0 spiro atoms. The van der Waals surface area contributed by atoms with Gasteiger partial charge in [0, 0.05) is 6.54 Å². The van der Waals surface area contributed by atoms with Gasteiger partial charge >= 0.3 is 6.09 Å². The Bertz CT molecular complexity index is 354. The molecule has 0 radical (unpaired) electrons. The summed E-state index contributed by atoms with van der Waals surface area (Å²) in [6.07, 6.45) is 1.11. The van der Waals surface area contributed by atoms with E-state index in [0.717, 1.165) is 12.0 Å². The van der Waals surface area contributed by atoms with Crippen molar-refractivity contribution in [1.29, 1.82) is 0 Å². The minimum absolute atomic E-state index is 0.332. The predicted octanol–water partition coefficient (Wildman–Crippen LogP) is 2.93. The molecule has 0 aliphatic rings. The zero-order valence-corrected chi connectivity index (χ0v) is 9.50. The van der Waals surface area contributed by atoms with Gasteiger partial charge in [0.05, 0.1) is 0 Å². The second-order valence-corrected chi connectivity index (χ2v) is 3.76. The highest BCUT2D eigenvalue weighted by atomic mass is 16.4. The van der Waals surface area contributed by atoms with Gasteiger partial charge in [-0.2, -0.15) is 4.91 Å². The van der Waals surface area contributed by atoms with Crippen LogP contribution >= 0.6 is 0 Å². The molecule has 5 heteroatoms. The molecule has 0 aliphatic heterocycles. The van der Waals surface area contributed by atoms with Crippen LogP contribution in [0.1, 0.15) is 30.9 Å². The van der Waals surface area contributed by atoms with Gasteiger partial charge in [-0.3, -0.25) is 0 Å². The van der Waals surface area contributed by atoms with Crippen molar-refractivity contribution in [3.63, 3.8) is 0 Å². The molecule has 0 saturated heterocycles. The highest BCUT2D eigenvalue weighted by Crippen LogP contribution is 2.22. The minimum atomic E-state index is -1.02. The molecule has 1 unspecified atom stereocenters. The molecule has 1 aromatic carbocycles. The Morgan fingerprint density at radius 1 is 1.29 bits per heavy atom. The molecule has 17 heavy (non-hydrogen) atoms. The smallest absolute Gasteiger partial charge is 0.404 e. The number of unbranched alkanes of at least 4 members (excludes halogenated alkanes) is 1. The highest BCUT2D eigenvalue weighted by molar-refractivity contribution is 5.64. The average molecular weight is 236 g/mol. The Hall–Kier alpha value is -1.91. The summed E-state index contributed by atoms with van der Waals surface area (Å²) in [4.78, 5) is 20.9. The van der Waals surface area contributed by atoms with Gasteiger partial charge < -0.3 is 10.4 Å². The number of carbonyl (C=O) groups is 1. The Morgan fingerprint density at radius 3 is 2.59 bits per heavy atom. The number of nitroso groups, excluding NO2 is 1. The van der Waals surface area contributed by atoms with Gasteiger partial charge in [0.15, 0.2) is 0 Å². The molecule has 92 valence electrons. The van der Waals surface area contributed by atoms with Crippen molar-refractivity contribution in [2.24, 2.45) is 5.18 Å². The summed E-state index contributed by atoms with van der Waals surface area (Å²) in [6.45, 7) is 0.412. The van der Waals surface area contributed by atoms with Crippen molar-refractivity contribution >= 4 is 6.09 Å². The van der Waals surface area contributed by atoms with Crippen LogP contribution in [0.4, 0.5) is 4.79 Å². The Labute approximate surface area is 99.8 Å². The first-order valence-corrected chi connectivity index (χ1v) is 5.58. The molecule has 1 aromatic rings. The Balaban J connectivity index is 2.29. The number of hydrogen-bond donors (Lipinski definition) is 2. The zero-order valence-electron chi connectivity index (χ0n) is 9.50. The van der Waals surface area contributed by atoms with Gasteiger partial charge in [-0.05, 0) is 24.8 Å². The van der Waals surface area contributed by atoms with E-state index in [1.54, 1.807) is 0 Å². The quantitative estimate of drug-likeness (QED) is 0.564. The van der Waals surface area contributed by atoms with E-state index in [1.165, 1.54) is 0 Å². The van der Waals surface area contributed by atoms with E-state index in [-0.39, 0.29) is 6.04 Å². The normalized spacial score (nSPS) is 11.8. The summed E-state index contributed by atoms with van der Waals surface area (Å²) >= 11 is 0. The standard InChI is InChI=1S/C12H16N2O3/c15-12(16)13-9-5-4-8-11(14-17)10-6-2-1-3-7-10/h1-3,6-7,11,13H,4-5,8-9H2,(H,15,16). The first-order valence-electron chi connectivity index (χ1n) is 5.58. The van der Waals surface area contributed by atoms with Crippen molar-refractivity contribution in [3.05, 3.63) is 40.8 Å². The van der Waals surface area contributed by atoms with Gasteiger partial charge in [-0.1, -0.05) is 35.5 Å². The van der Waals surface area contributed by atoms with Crippen molar-refractivity contribution in [2.75, 3.05) is 6.54 Å². The van der Waals surface area contributed by atoms with E-state index in [1.807, 2.05) is 30.3 Å². The number of nitrogens with zero attached hydrogens (tertiary/aromatic N) is 1. The van der Waals surface area contributed by atoms with E-state index in [0.29, 0.717) is 19.4 Å². The maximum atomic E-state index is 10.7. The van der Waals surface area contributed by atoms with E-state index in [9.17, 15) is 9.70 Å². The van der Waals surface area contributed by atoms with E-state index >= 15 is 0 Å². The fourth-order valence-electron chi connectivity index (χ4n) is 1.61. The van der Waals surface area contributed by atoms with Crippen LogP contribution in [-0.2, 0) is 0 Å². The highest BCUT2D eigenvalue weighted by Gasteiger charge is 2.10. The largest absolute Gasteiger partial charge is 0.465 e. The van der Waals surface area contributed by atoms with Crippen molar-refractivity contribution in [2.45, 2.75) is 25.3 Å². The maximum Gasteiger partial charge on any atom is 0.404 e. The summed E-state index contributed by atoms with van der Waals surface area (Å²) in [5.74, 6) is 0. The summed E-state index contributed by atoms with van der Waals surface area (Å²) in [5, 5.41) is 13.8. The van der Waals surface area contributed by atoms with E-state index in [4.69, 9.17) is 5.11 Å². The molecular weight excluding hydrogens is 220 g/mol. The van der Waals surface area contributed by atoms with Gasteiger partial charge in [-0.25, -0.2) is 4.79 Å². The number of carboxylic acid groups (broad SMARTS) is 1. The molecule has 0 heterocycles. The van der Waals surface area contributed by atoms with Crippen LogP contribution in [-0.4, -0.2) is 17.7 Å². The zero-order chi connectivity index (χ0) is 12.5. The fourth-order valence-corrected chi connectivity index (χ4v) is 1.61. The Kier molecular flexibility index (Phi) is 5.71. The monoisotopic (exact) mass is 236 g/mol. The number of amides is 1. The van der Waals surface area contributed by atoms with Crippen LogP contribution in [0.2, 0.25) is 0 Å². The van der Waals surface area contributed by atoms with Gasteiger partial charge in [0.25, 0.3) is 0 Å². The fraction of sp³-hybridized carbons (Fsp3) is 0.417. The lowest BCUT2D eigenvalue weighted by molar-refractivity contribution is 0.194. The molecule has 1 rings (SSSR count). The minimum Gasteiger partial charge on any atom is -0.465 e. The number of hydrogen-bond acceptors (Lipinski definition) is 3. The number of rotatable bonds is 7. The van der Waals surface area contributed by atoms with Crippen LogP contribution in [0.3, 0.4) is 0 Å². The summed E-state index contributed by atoms with van der Waals surface area (Å²) in [5.41, 5.74) is 0.911. The van der Waals surface area contributed by atoms with Crippen LogP contribution in [0.15, 0.2) is 35.5 Å². The first kappa shape index (κ1) is 13.2. The maximum absolute atomic E-state index is 10.7. The molecule has 0 bridgehead atoms. The second-order valence-electron chi connectivity index (χ2n) is 3.76. The van der Waals surface area contributed by atoms with Crippen LogP contribution in [0, 0.1) is 4.91 Å². The molecule has 0 aliphatic carbocycles. The molecule has 0 fully saturated rings. The van der Waals surface area contributed by atoms with Crippen LogP contribution in [0.25, 0.3) is 0 Å². The molecule has 1 amide bonds. The summed E-state index contributed by atoms with van der Waals surface area (Å²) in [7, 11) is 0. The Morgan fingerprint density at radius 2 is 2.00 bits per heavy atom. The molecule has 0 aromatic heterocycles. The third-order valence-corrected chi connectivity index (χ3v) is 2.49. The van der Waals surface area contributed by atoms with Gasteiger partial charge in [0.1, 0.15) is 6.04 Å². The number of benzene rings is 1. The third kappa shape index (κ3) is 5.10. The molecule has 2 N–H and O–H groups in total. The number of nitrogens with one attached hydrogen (secondary N) is 1. The molecule has 5 nitrogen and oxygen atoms in total. The predicted molar refractivity (Wildman–Crippen MR) is 64.9 cm³/mol. The molecular formula is C12H16N2O3. The van der Waals surface area contributed by atoms with Crippen molar-refractivity contribution in [3.8, 4) is 0 Å². The second kappa shape index (κ2) is 7.38. The first-order chi connectivity index (χ1) is 8.24. The lowest BCUT2D eigenvalue weighted by atomic mass is 10.0. The average Bonchev–Trinajstić information content (AvgIpc) is 2.34. The summed E-state index contributed by atoms with van der Waals surface area (Å²) < 4.78 is 0. The van der Waals surface area contributed by atoms with Crippen molar-refractivity contribution in [1.82, 2.24) is 5.32 Å². The topological polar surface area (TPSA) is 78.8 Å². The third-order valence-electron chi connectivity index (χ3n) is 2.49. The lowest BCUT2D eigenvalue weighted by Crippen LogP contribution is -2.21. The van der Waals surface area contributed by atoms with E-state index in [2.05, 4.69) is 10.5 Å². The molecule has 0 saturated carbocycles. The van der Waals surface area contributed by atoms with E-state index < -0.39 is 6.09 Å².